The van der Waals surface area contributed by atoms with E-state index in [0.717, 1.165) is 19.4 Å². The van der Waals surface area contributed by atoms with Gasteiger partial charge in [-0.25, -0.2) is 0 Å². The van der Waals surface area contributed by atoms with Crippen molar-refractivity contribution < 1.29 is 14.9 Å². The van der Waals surface area contributed by atoms with Gasteiger partial charge in [-0.05, 0) is 31.1 Å². The third-order valence-electron chi connectivity index (χ3n) is 3.91. The molecular weight excluding hydrogens is 304 g/mol. The second-order valence-electron chi connectivity index (χ2n) is 5.72. The summed E-state index contributed by atoms with van der Waals surface area (Å²) in [5.41, 5.74) is 0. The first kappa shape index (κ1) is 27.4. The Kier molecular flexibility index (Phi) is 25.7. The molecule has 0 saturated carbocycles. The summed E-state index contributed by atoms with van der Waals surface area (Å²) in [7, 11) is 1.81. The third-order valence-corrected chi connectivity index (χ3v) is 5.81. The molecule has 0 aromatic heterocycles. The van der Waals surface area contributed by atoms with Crippen LogP contribution < -0.4 is 0 Å². The smallest absolute Gasteiger partial charge is 0.0612 e. The van der Waals surface area contributed by atoms with Gasteiger partial charge in [-0.2, -0.15) is 0 Å². The van der Waals surface area contributed by atoms with Crippen LogP contribution in [-0.2, 0) is 4.74 Å². The van der Waals surface area contributed by atoms with E-state index >= 15 is 0 Å². The van der Waals surface area contributed by atoms with Gasteiger partial charge in [0.05, 0.1) is 6.61 Å². The standard InChI is InChI=1S/C17H34O3Si.2CH4/c1-3-16(15-19)14-17(8-4-5-10-18)9-13-21-12-7-6-11-20-2;;/h3-5,16-19H,1,6-15,21H2,2H3;2*1H4. The first-order valence-electron chi connectivity index (χ1n) is 8.26. The van der Waals surface area contributed by atoms with Gasteiger partial charge in [0, 0.05) is 29.8 Å². The Bertz CT molecular complexity index is 257. The summed E-state index contributed by atoms with van der Waals surface area (Å²) in [5, 5.41) is 18.1. The van der Waals surface area contributed by atoms with Crippen LogP contribution in [0.4, 0.5) is 0 Å². The summed E-state index contributed by atoms with van der Waals surface area (Å²) in [4.78, 5) is 0. The second-order valence-corrected chi connectivity index (χ2v) is 7.84. The van der Waals surface area contributed by atoms with Crippen molar-refractivity contribution in [2.75, 3.05) is 26.9 Å². The Balaban J connectivity index is -0.00000200. The lowest BCUT2D eigenvalue weighted by Crippen LogP contribution is -2.11. The Morgan fingerprint density at radius 2 is 1.87 bits per heavy atom. The van der Waals surface area contributed by atoms with Crippen LogP contribution in [0.5, 0.6) is 0 Å². The molecule has 0 aliphatic rings. The summed E-state index contributed by atoms with van der Waals surface area (Å²) < 4.78 is 5.06. The minimum atomic E-state index is 0. The number of ether oxygens (including phenoxy) is 1. The molecule has 0 spiro atoms. The van der Waals surface area contributed by atoms with Crippen molar-refractivity contribution in [1.29, 1.82) is 0 Å². The van der Waals surface area contributed by atoms with E-state index in [9.17, 15) is 5.11 Å². The number of allylic oxidation sites excluding steroid dienone is 1. The number of unbranched alkanes of at least 4 members (excludes halogenated alkanes) is 1. The van der Waals surface area contributed by atoms with E-state index in [1.165, 1.54) is 31.4 Å². The van der Waals surface area contributed by atoms with Crippen LogP contribution in [0.3, 0.4) is 0 Å². The van der Waals surface area contributed by atoms with E-state index in [1.54, 1.807) is 7.11 Å². The van der Waals surface area contributed by atoms with Crippen molar-refractivity contribution in [1.82, 2.24) is 0 Å². The molecule has 0 bridgehead atoms. The molecule has 4 heteroatoms. The molecule has 0 aliphatic heterocycles. The van der Waals surface area contributed by atoms with E-state index in [1.807, 2.05) is 12.2 Å². The lowest BCUT2D eigenvalue weighted by atomic mass is 9.90. The molecule has 0 saturated heterocycles. The fraction of sp³-hybridized carbons (Fsp3) is 0.789. The van der Waals surface area contributed by atoms with Crippen molar-refractivity contribution in [3.05, 3.63) is 24.8 Å². The molecule has 140 valence electrons. The maximum absolute atomic E-state index is 9.31. The summed E-state index contributed by atoms with van der Waals surface area (Å²) >= 11 is 0. The van der Waals surface area contributed by atoms with Gasteiger partial charge in [0.1, 0.15) is 0 Å². The quantitative estimate of drug-likeness (QED) is 0.269. The monoisotopic (exact) mass is 346 g/mol. The predicted octanol–water partition coefficient (Wildman–Crippen LogP) is 3.82. The molecule has 0 aromatic carbocycles. The second kappa shape index (κ2) is 21.6. The average Bonchev–Trinajstić information content (AvgIpc) is 2.51. The SMILES string of the molecule is C.C.C=CC(CO)CC(CC=CCO)CC[SiH2]CCCCOC. The van der Waals surface area contributed by atoms with Gasteiger partial charge in [0.15, 0.2) is 0 Å². The van der Waals surface area contributed by atoms with Crippen LogP contribution in [0, 0.1) is 11.8 Å². The highest BCUT2D eigenvalue weighted by Crippen LogP contribution is 2.22. The highest BCUT2D eigenvalue weighted by molar-refractivity contribution is 6.35. The van der Waals surface area contributed by atoms with Gasteiger partial charge in [0.25, 0.3) is 0 Å². The van der Waals surface area contributed by atoms with Gasteiger partial charge in [-0.3, -0.25) is 0 Å². The van der Waals surface area contributed by atoms with Crippen LogP contribution in [0.25, 0.3) is 0 Å². The van der Waals surface area contributed by atoms with Crippen LogP contribution in [-0.4, -0.2) is 46.7 Å². The Morgan fingerprint density at radius 3 is 2.43 bits per heavy atom. The van der Waals surface area contributed by atoms with Crippen molar-refractivity contribution in [2.24, 2.45) is 11.8 Å². The van der Waals surface area contributed by atoms with Crippen LogP contribution in [0.2, 0.25) is 12.1 Å². The highest BCUT2D eigenvalue weighted by Gasteiger charge is 2.12. The topological polar surface area (TPSA) is 49.7 Å². The first-order chi connectivity index (χ1) is 10.3. The van der Waals surface area contributed by atoms with Crippen LogP contribution >= 0.6 is 0 Å². The van der Waals surface area contributed by atoms with Gasteiger partial charge >= 0.3 is 0 Å². The first-order valence-corrected chi connectivity index (χ1v) is 10.3. The molecule has 0 rings (SSSR count). The van der Waals surface area contributed by atoms with Gasteiger partial charge in [-0.1, -0.05) is 58.0 Å². The fourth-order valence-electron chi connectivity index (χ4n) is 2.58. The van der Waals surface area contributed by atoms with Crippen LogP contribution in [0.1, 0.15) is 47.0 Å². The van der Waals surface area contributed by atoms with E-state index in [-0.39, 0.29) is 43.5 Å². The highest BCUT2D eigenvalue weighted by atomic mass is 28.2. The summed E-state index contributed by atoms with van der Waals surface area (Å²) in [5.74, 6) is 0.815. The molecule has 0 fully saturated rings. The van der Waals surface area contributed by atoms with E-state index in [0.29, 0.717) is 5.92 Å². The van der Waals surface area contributed by atoms with Crippen molar-refractivity contribution in [3.8, 4) is 0 Å². The zero-order valence-corrected chi connectivity index (χ0v) is 15.1. The summed E-state index contributed by atoms with van der Waals surface area (Å²) in [6.45, 7) is 5.00. The molecule has 0 heterocycles. The molecule has 0 amide bonds. The summed E-state index contributed by atoms with van der Waals surface area (Å²) in [6.07, 6.45) is 11.5. The maximum atomic E-state index is 9.31. The fourth-order valence-corrected chi connectivity index (χ4v) is 4.51. The molecule has 2 N–H and O–H groups in total. The lowest BCUT2D eigenvalue weighted by Gasteiger charge is -2.19. The van der Waals surface area contributed by atoms with E-state index in [2.05, 4.69) is 12.7 Å². The number of aliphatic hydroxyl groups excluding tert-OH is 2. The molecule has 0 aliphatic carbocycles. The largest absolute Gasteiger partial charge is 0.396 e. The summed E-state index contributed by atoms with van der Waals surface area (Å²) in [6, 6.07) is 2.79. The van der Waals surface area contributed by atoms with E-state index < -0.39 is 0 Å². The lowest BCUT2D eigenvalue weighted by molar-refractivity contribution is 0.194. The Hall–Kier alpha value is -0.423. The predicted molar refractivity (Wildman–Crippen MR) is 107 cm³/mol. The van der Waals surface area contributed by atoms with Crippen molar-refractivity contribution >= 4 is 9.52 Å². The van der Waals surface area contributed by atoms with Gasteiger partial charge in [-0.15, -0.1) is 6.58 Å². The van der Waals surface area contributed by atoms with Crippen molar-refractivity contribution in [2.45, 2.75) is 59.0 Å². The molecule has 2 atom stereocenters. The molecule has 2 unspecified atom stereocenters. The molecule has 0 aromatic rings. The Labute approximate surface area is 147 Å². The number of aliphatic hydroxyl groups is 2. The number of hydrogen-bond donors (Lipinski definition) is 2. The minimum Gasteiger partial charge on any atom is -0.396 e. The zero-order valence-electron chi connectivity index (χ0n) is 13.7. The number of methoxy groups -OCH3 is 1. The average molecular weight is 347 g/mol. The minimum absolute atomic E-state index is 0. The maximum Gasteiger partial charge on any atom is 0.0612 e. The third kappa shape index (κ3) is 17.8. The number of hydrogen-bond acceptors (Lipinski definition) is 3. The normalized spacial score (nSPS) is 13.7. The van der Waals surface area contributed by atoms with E-state index in [4.69, 9.17) is 9.84 Å². The van der Waals surface area contributed by atoms with Gasteiger partial charge in [0.2, 0.25) is 0 Å². The van der Waals surface area contributed by atoms with Crippen LogP contribution in [0.15, 0.2) is 24.8 Å². The number of rotatable bonds is 15. The molecule has 3 nitrogen and oxygen atoms in total. The molecule has 23 heavy (non-hydrogen) atoms. The zero-order chi connectivity index (χ0) is 15.8. The molecular formula is C19H42O3Si. The molecule has 0 radical (unpaired) electrons. The van der Waals surface area contributed by atoms with Crippen molar-refractivity contribution in [3.63, 3.8) is 0 Å². The Morgan fingerprint density at radius 1 is 1.13 bits per heavy atom. The van der Waals surface area contributed by atoms with Gasteiger partial charge < -0.3 is 14.9 Å².